The lowest BCUT2D eigenvalue weighted by Gasteiger charge is -2.06. The van der Waals surface area contributed by atoms with E-state index in [0.717, 1.165) is 0 Å². The molecule has 5 nitrogen and oxygen atoms in total. The lowest BCUT2D eigenvalue weighted by atomic mass is 10.3. The van der Waals surface area contributed by atoms with E-state index in [-0.39, 0.29) is 11.5 Å². The number of nitrogens with zero attached hydrogens (tertiary/aromatic N) is 2. The highest BCUT2D eigenvalue weighted by molar-refractivity contribution is 6.45. The van der Waals surface area contributed by atoms with Crippen molar-refractivity contribution in [3.63, 3.8) is 0 Å². The number of benzene rings is 1. The van der Waals surface area contributed by atoms with E-state index in [1.165, 1.54) is 14.0 Å². The number of carbonyl (C=O) groups is 1. The molecule has 0 saturated heterocycles. The molecule has 1 aromatic rings. The van der Waals surface area contributed by atoms with E-state index < -0.39 is 0 Å². The number of hydrogen-bond acceptors (Lipinski definition) is 5. The lowest BCUT2D eigenvalue weighted by Crippen LogP contribution is -2.09. The van der Waals surface area contributed by atoms with Crippen molar-refractivity contribution >= 4 is 17.2 Å². The summed E-state index contributed by atoms with van der Waals surface area (Å²) >= 11 is 0. The molecule has 0 aromatic heterocycles. The van der Waals surface area contributed by atoms with Gasteiger partial charge in [0, 0.05) is 6.92 Å². The molecule has 0 bridgehead atoms. The van der Waals surface area contributed by atoms with Crippen LogP contribution in [-0.4, -0.2) is 18.6 Å². The number of methoxy groups -OCH3 is 1. The van der Waals surface area contributed by atoms with Crippen molar-refractivity contribution in [1.82, 2.24) is 0 Å². The highest BCUT2D eigenvalue weighted by atomic mass is 16.5. The van der Waals surface area contributed by atoms with Crippen LogP contribution in [0.4, 0.5) is 5.69 Å². The van der Waals surface area contributed by atoms with Crippen molar-refractivity contribution in [2.75, 3.05) is 12.5 Å². The predicted octanol–water partition coefficient (Wildman–Crippen LogP) is 1.58. The minimum absolute atomic E-state index is 0.175. The SMILES string of the molecule is COc1ccccc1N/N=C(\C#N)C(C)=O. The smallest absolute Gasteiger partial charge is 0.203 e. The predicted molar refractivity (Wildman–Crippen MR) is 60.3 cm³/mol. The molecule has 0 saturated carbocycles. The molecule has 1 N–H and O–H groups in total. The van der Waals surface area contributed by atoms with Crippen LogP contribution in [0.2, 0.25) is 0 Å². The maximum Gasteiger partial charge on any atom is 0.203 e. The summed E-state index contributed by atoms with van der Waals surface area (Å²) in [5.41, 5.74) is 3.04. The second-order valence-corrected chi connectivity index (χ2v) is 2.94. The number of nitriles is 1. The Bertz CT molecular complexity index is 461. The number of ketones is 1. The molecule has 5 heteroatoms. The minimum atomic E-state index is -0.384. The summed E-state index contributed by atoms with van der Waals surface area (Å²) in [4.78, 5) is 10.9. The number of rotatable bonds is 4. The van der Waals surface area contributed by atoms with E-state index in [1.807, 2.05) is 6.07 Å². The zero-order valence-corrected chi connectivity index (χ0v) is 9.02. The van der Waals surface area contributed by atoms with Gasteiger partial charge in [0.2, 0.25) is 5.71 Å². The molecule has 1 rings (SSSR count). The fraction of sp³-hybridized carbons (Fsp3) is 0.182. The Morgan fingerprint density at radius 2 is 2.19 bits per heavy atom. The number of hydrogen-bond donors (Lipinski definition) is 1. The summed E-state index contributed by atoms with van der Waals surface area (Å²) in [7, 11) is 1.53. The van der Waals surface area contributed by atoms with Crippen LogP contribution < -0.4 is 10.2 Å². The maximum absolute atomic E-state index is 10.9. The topological polar surface area (TPSA) is 74.5 Å². The second-order valence-electron chi connectivity index (χ2n) is 2.94. The Labute approximate surface area is 93.3 Å². The fourth-order valence-corrected chi connectivity index (χ4v) is 1.04. The van der Waals surface area contributed by atoms with Gasteiger partial charge in [-0.05, 0) is 12.1 Å². The van der Waals surface area contributed by atoms with Crippen LogP contribution >= 0.6 is 0 Å². The van der Waals surface area contributed by atoms with E-state index in [9.17, 15) is 4.79 Å². The van der Waals surface area contributed by atoms with Gasteiger partial charge in [-0.2, -0.15) is 10.4 Å². The molecule has 0 fully saturated rings. The molecule has 0 spiro atoms. The van der Waals surface area contributed by atoms with Crippen LogP contribution in [0, 0.1) is 11.3 Å². The normalized spacial score (nSPS) is 10.4. The highest BCUT2D eigenvalue weighted by Gasteiger charge is 2.05. The first-order chi connectivity index (χ1) is 7.69. The average molecular weight is 217 g/mol. The average Bonchev–Trinajstić information content (AvgIpc) is 2.30. The van der Waals surface area contributed by atoms with E-state index in [1.54, 1.807) is 24.3 Å². The van der Waals surface area contributed by atoms with E-state index in [4.69, 9.17) is 10.00 Å². The summed E-state index contributed by atoms with van der Waals surface area (Å²) < 4.78 is 5.07. The molecule has 16 heavy (non-hydrogen) atoms. The molecular formula is C11H11N3O2. The molecule has 82 valence electrons. The second kappa shape index (κ2) is 5.51. The summed E-state index contributed by atoms with van der Waals surface area (Å²) in [5, 5.41) is 12.3. The van der Waals surface area contributed by atoms with Gasteiger partial charge in [0.1, 0.15) is 11.8 Å². The summed E-state index contributed by atoms with van der Waals surface area (Å²) in [6, 6.07) is 8.79. The quantitative estimate of drug-likeness (QED) is 0.613. The number of anilines is 1. The molecule has 0 aliphatic rings. The Morgan fingerprint density at radius 3 is 2.75 bits per heavy atom. The zero-order chi connectivity index (χ0) is 12.0. The van der Waals surface area contributed by atoms with Crippen LogP contribution in [0.5, 0.6) is 5.75 Å². The van der Waals surface area contributed by atoms with Gasteiger partial charge in [-0.3, -0.25) is 10.2 Å². The van der Waals surface area contributed by atoms with Crippen molar-refractivity contribution in [2.45, 2.75) is 6.92 Å². The van der Waals surface area contributed by atoms with Crippen LogP contribution in [0.25, 0.3) is 0 Å². The number of ether oxygens (including phenoxy) is 1. The first-order valence-electron chi connectivity index (χ1n) is 4.56. The third-order valence-electron chi connectivity index (χ3n) is 1.83. The molecule has 1 aromatic carbocycles. The molecule has 0 aliphatic carbocycles. The van der Waals surface area contributed by atoms with E-state index in [0.29, 0.717) is 11.4 Å². The van der Waals surface area contributed by atoms with Crippen molar-refractivity contribution in [2.24, 2.45) is 5.10 Å². The Morgan fingerprint density at radius 1 is 1.50 bits per heavy atom. The van der Waals surface area contributed by atoms with Crippen LogP contribution in [0.15, 0.2) is 29.4 Å². The Kier molecular flexibility index (Phi) is 4.04. The first-order valence-corrected chi connectivity index (χ1v) is 4.56. The molecular weight excluding hydrogens is 206 g/mol. The van der Waals surface area contributed by atoms with Gasteiger partial charge < -0.3 is 4.74 Å². The maximum atomic E-state index is 10.9. The number of para-hydroxylation sites is 2. The molecule has 0 heterocycles. The van der Waals surface area contributed by atoms with Crippen molar-refractivity contribution in [3.8, 4) is 11.8 Å². The van der Waals surface area contributed by atoms with Gasteiger partial charge in [-0.15, -0.1) is 0 Å². The lowest BCUT2D eigenvalue weighted by molar-refractivity contribution is -0.110. The fourth-order valence-electron chi connectivity index (χ4n) is 1.04. The van der Waals surface area contributed by atoms with Crippen molar-refractivity contribution < 1.29 is 9.53 Å². The van der Waals surface area contributed by atoms with Crippen LogP contribution in [0.1, 0.15) is 6.92 Å². The van der Waals surface area contributed by atoms with Gasteiger partial charge in [0.25, 0.3) is 0 Å². The molecule has 0 unspecified atom stereocenters. The summed E-state index contributed by atoms with van der Waals surface area (Å²) in [6.45, 7) is 1.28. The number of Topliss-reactive ketones (excluding diaryl/α,β-unsaturated/α-hetero) is 1. The molecule has 0 radical (unpaired) electrons. The van der Waals surface area contributed by atoms with Gasteiger partial charge in [-0.25, -0.2) is 0 Å². The number of carbonyl (C=O) groups excluding carboxylic acids is 1. The highest BCUT2D eigenvalue weighted by Crippen LogP contribution is 2.22. The Hall–Kier alpha value is -2.35. The molecule has 0 amide bonds. The van der Waals surface area contributed by atoms with Crippen molar-refractivity contribution in [3.05, 3.63) is 24.3 Å². The van der Waals surface area contributed by atoms with Gasteiger partial charge in [0.15, 0.2) is 5.78 Å². The third kappa shape index (κ3) is 2.82. The molecule has 0 aliphatic heterocycles. The van der Waals surface area contributed by atoms with Gasteiger partial charge in [-0.1, -0.05) is 12.1 Å². The number of nitrogens with one attached hydrogen (secondary N) is 1. The Balaban J connectivity index is 2.89. The first kappa shape index (κ1) is 11.7. The minimum Gasteiger partial charge on any atom is -0.495 e. The number of hydrazone groups is 1. The van der Waals surface area contributed by atoms with Crippen molar-refractivity contribution in [1.29, 1.82) is 5.26 Å². The largest absolute Gasteiger partial charge is 0.495 e. The monoisotopic (exact) mass is 217 g/mol. The van der Waals surface area contributed by atoms with Crippen LogP contribution in [0.3, 0.4) is 0 Å². The van der Waals surface area contributed by atoms with E-state index in [2.05, 4.69) is 10.5 Å². The van der Waals surface area contributed by atoms with Crippen LogP contribution in [-0.2, 0) is 4.79 Å². The van der Waals surface area contributed by atoms with E-state index >= 15 is 0 Å². The third-order valence-corrected chi connectivity index (χ3v) is 1.83. The standard InChI is InChI=1S/C11H11N3O2/c1-8(15)10(7-12)14-13-9-5-3-4-6-11(9)16-2/h3-6,13H,1-2H3/b14-10+. The summed E-state index contributed by atoms with van der Waals surface area (Å²) in [6.07, 6.45) is 0. The summed E-state index contributed by atoms with van der Waals surface area (Å²) in [5.74, 6) is 0.206. The molecule has 0 atom stereocenters. The zero-order valence-electron chi connectivity index (χ0n) is 9.02. The van der Waals surface area contributed by atoms with Gasteiger partial charge in [0.05, 0.1) is 12.8 Å². The van der Waals surface area contributed by atoms with Gasteiger partial charge >= 0.3 is 0 Å².